The minimum absolute atomic E-state index is 0.0173. The van der Waals surface area contributed by atoms with Gasteiger partial charge in [-0.05, 0) is 33.1 Å². The smallest absolute Gasteiger partial charge is 0.313 e. The molecule has 0 aromatic rings. The molecule has 0 heterocycles. The van der Waals surface area contributed by atoms with Crippen molar-refractivity contribution in [2.24, 2.45) is 17.3 Å². The summed E-state index contributed by atoms with van der Waals surface area (Å²) in [4.78, 5) is 11.5. The molecule has 2 unspecified atom stereocenters. The first-order chi connectivity index (χ1) is 6.64. The van der Waals surface area contributed by atoms with Crippen molar-refractivity contribution >= 4 is 5.97 Å². The van der Waals surface area contributed by atoms with Crippen LogP contribution in [0.5, 0.6) is 0 Å². The number of rotatable bonds is 4. The maximum atomic E-state index is 11.5. The molecule has 15 heavy (non-hydrogen) atoms. The molecule has 3 heteroatoms. The quantitative estimate of drug-likeness (QED) is 0.580. The summed E-state index contributed by atoms with van der Waals surface area (Å²) in [5.74, 6) is 0.116. The largest absolute Gasteiger partial charge is 0.435 e. The highest BCUT2D eigenvalue weighted by Crippen LogP contribution is 2.20. The zero-order chi connectivity index (χ0) is 12.2. The van der Waals surface area contributed by atoms with Crippen LogP contribution in [0.1, 0.15) is 48.0 Å². The maximum Gasteiger partial charge on any atom is 0.313 e. The van der Waals surface area contributed by atoms with Crippen LogP contribution in [0.15, 0.2) is 0 Å². The van der Waals surface area contributed by atoms with Gasteiger partial charge in [-0.1, -0.05) is 20.8 Å². The molecule has 0 fully saturated rings. The van der Waals surface area contributed by atoms with E-state index in [0.717, 1.165) is 6.42 Å². The van der Waals surface area contributed by atoms with Crippen LogP contribution in [0.4, 0.5) is 0 Å². The van der Waals surface area contributed by atoms with Gasteiger partial charge >= 0.3 is 5.97 Å². The second-order valence-corrected chi connectivity index (χ2v) is 5.65. The third kappa shape index (κ3) is 5.78. The third-order valence-electron chi connectivity index (χ3n) is 2.17. The summed E-state index contributed by atoms with van der Waals surface area (Å²) in [6.45, 7) is 11.4. The lowest BCUT2D eigenvalue weighted by molar-refractivity contribution is -0.186. The lowest BCUT2D eigenvalue weighted by Crippen LogP contribution is -2.32. The first-order valence-electron chi connectivity index (χ1n) is 5.53. The summed E-state index contributed by atoms with van der Waals surface area (Å²) >= 11 is 0. The molecule has 0 aromatic carbocycles. The zero-order valence-corrected chi connectivity index (χ0v) is 10.7. The maximum absolute atomic E-state index is 11.5. The Morgan fingerprint density at radius 3 is 2.07 bits per heavy atom. The van der Waals surface area contributed by atoms with Gasteiger partial charge in [0.15, 0.2) is 0 Å². The van der Waals surface area contributed by atoms with E-state index < -0.39 is 11.7 Å². The molecule has 2 atom stereocenters. The summed E-state index contributed by atoms with van der Waals surface area (Å²) < 4.78 is 4.99. The molecule has 0 bridgehead atoms. The van der Waals surface area contributed by atoms with Gasteiger partial charge < -0.3 is 9.84 Å². The lowest BCUT2D eigenvalue weighted by Gasteiger charge is -2.24. The van der Waals surface area contributed by atoms with Gasteiger partial charge in [0.25, 0.3) is 0 Å². The SMILES string of the molecule is CC(C)CC(C)C(O)OC(=O)C(C)(C)C. The van der Waals surface area contributed by atoms with E-state index in [-0.39, 0.29) is 11.9 Å². The molecule has 0 aromatic heterocycles. The molecule has 0 aliphatic heterocycles. The van der Waals surface area contributed by atoms with Crippen LogP contribution >= 0.6 is 0 Å². The molecular weight excluding hydrogens is 192 g/mol. The Morgan fingerprint density at radius 2 is 1.73 bits per heavy atom. The fourth-order valence-corrected chi connectivity index (χ4v) is 1.26. The topological polar surface area (TPSA) is 46.5 Å². The average molecular weight is 216 g/mol. The molecule has 0 saturated heterocycles. The molecule has 0 amide bonds. The van der Waals surface area contributed by atoms with Crippen LogP contribution in [0, 0.1) is 17.3 Å². The molecule has 0 rings (SSSR count). The summed E-state index contributed by atoms with van der Waals surface area (Å²) in [6, 6.07) is 0. The predicted octanol–water partition coefficient (Wildman–Crippen LogP) is 2.58. The summed E-state index contributed by atoms with van der Waals surface area (Å²) in [5, 5.41) is 9.66. The van der Waals surface area contributed by atoms with Crippen LogP contribution in [0.25, 0.3) is 0 Å². The molecule has 0 radical (unpaired) electrons. The van der Waals surface area contributed by atoms with E-state index in [2.05, 4.69) is 13.8 Å². The number of carbonyl (C=O) groups is 1. The molecule has 0 aliphatic carbocycles. The standard InChI is InChI=1S/C12H24O3/c1-8(2)7-9(3)10(13)15-11(14)12(4,5)6/h8-10,13H,7H2,1-6H3. The number of esters is 1. The van der Waals surface area contributed by atoms with Crippen LogP contribution in [-0.4, -0.2) is 17.4 Å². The lowest BCUT2D eigenvalue weighted by atomic mass is 9.96. The number of carbonyl (C=O) groups excluding carboxylic acids is 1. The molecule has 0 aliphatic rings. The first-order valence-corrected chi connectivity index (χ1v) is 5.53. The third-order valence-corrected chi connectivity index (χ3v) is 2.17. The van der Waals surface area contributed by atoms with E-state index in [1.165, 1.54) is 0 Å². The van der Waals surface area contributed by atoms with Crippen molar-refractivity contribution in [1.29, 1.82) is 0 Å². The predicted molar refractivity (Wildman–Crippen MR) is 60.2 cm³/mol. The Hall–Kier alpha value is -0.570. The second-order valence-electron chi connectivity index (χ2n) is 5.65. The highest BCUT2D eigenvalue weighted by atomic mass is 16.6. The molecule has 90 valence electrons. The van der Waals surface area contributed by atoms with E-state index in [9.17, 15) is 9.90 Å². The highest BCUT2D eigenvalue weighted by Gasteiger charge is 2.27. The van der Waals surface area contributed by atoms with Crippen LogP contribution < -0.4 is 0 Å². The van der Waals surface area contributed by atoms with E-state index in [1.54, 1.807) is 20.8 Å². The summed E-state index contributed by atoms with van der Waals surface area (Å²) in [7, 11) is 0. The fourth-order valence-electron chi connectivity index (χ4n) is 1.26. The van der Waals surface area contributed by atoms with E-state index >= 15 is 0 Å². The van der Waals surface area contributed by atoms with Crippen LogP contribution in [0.2, 0.25) is 0 Å². The minimum Gasteiger partial charge on any atom is -0.435 e. The minimum atomic E-state index is -0.987. The molecule has 0 spiro atoms. The van der Waals surface area contributed by atoms with Crippen molar-refractivity contribution < 1.29 is 14.6 Å². The van der Waals surface area contributed by atoms with Gasteiger partial charge in [0, 0.05) is 5.92 Å². The number of ether oxygens (including phenoxy) is 1. The Bertz CT molecular complexity index is 203. The average Bonchev–Trinajstić information content (AvgIpc) is 2.00. The molecular formula is C12H24O3. The molecule has 1 N–H and O–H groups in total. The second kappa shape index (κ2) is 5.50. The van der Waals surface area contributed by atoms with Crippen LogP contribution in [0.3, 0.4) is 0 Å². The van der Waals surface area contributed by atoms with E-state index in [1.807, 2.05) is 6.92 Å². The Balaban J connectivity index is 4.13. The van der Waals surface area contributed by atoms with Gasteiger partial charge in [-0.2, -0.15) is 0 Å². The summed E-state index contributed by atoms with van der Waals surface area (Å²) in [5.41, 5.74) is -0.557. The van der Waals surface area contributed by atoms with E-state index in [4.69, 9.17) is 4.74 Å². The monoisotopic (exact) mass is 216 g/mol. The van der Waals surface area contributed by atoms with Gasteiger partial charge in [0.2, 0.25) is 6.29 Å². The van der Waals surface area contributed by atoms with Crippen molar-refractivity contribution in [2.75, 3.05) is 0 Å². The highest BCUT2D eigenvalue weighted by molar-refractivity contribution is 5.75. The Morgan fingerprint density at radius 1 is 1.27 bits per heavy atom. The van der Waals surface area contributed by atoms with Gasteiger partial charge in [-0.25, -0.2) is 0 Å². The van der Waals surface area contributed by atoms with Gasteiger partial charge in [-0.3, -0.25) is 4.79 Å². The Labute approximate surface area is 92.8 Å². The number of aliphatic hydroxyl groups excluding tert-OH is 1. The van der Waals surface area contributed by atoms with Gasteiger partial charge in [0.1, 0.15) is 0 Å². The van der Waals surface area contributed by atoms with Crippen molar-refractivity contribution in [3.05, 3.63) is 0 Å². The van der Waals surface area contributed by atoms with Crippen molar-refractivity contribution in [3.63, 3.8) is 0 Å². The summed E-state index contributed by atoms with van der Waals surface area (Å²) in [6.07, 6.45) is -0.141. The number of hydrogen-bond donors (Lipinski definition) is 1. The van der Waals surface area contributed by atoms with Crippen molar-refractivity contribution in [2.45, 2.75) is 54.3 Å². The zero-order valence-electron chi connectivity index (χ0n) is 10.7. The van der Waals surface area contributed by atoms with Crippen molar-refractivity contribution in [1.82, 2.24) is 0 Å². The molecule has 3 nitrogen and oxygen atoms in total. The number of hydrogen-bond acceptors (Lipinski definition) is 3. The van der Waals surface area contributed by atoms with Gasteiger partial charge in [-0.15, -0.1) is 0 Å². The van der Waals surface area contributed by atoms with Crippen molar-refractivity contribution in [3.8, 4) is 0 Å². The first kappa shape index (κ1) is 14.4. The molecule has 0 saturated carbocycles. The van der Waals surface area contributed by atoms with Gasteiger partial charge in [0.05, 0.1) is 5.41 Å². The number of aliphatic hydroxyl groups is 1. The van der Waals surface area contributed by atoms with Crippen LogP contribution in [-0.2, 0) is 9.53 Å². The van der Waals surface area contributed by atoms with E-state index in [0.29, 0.717) is 5.92 Å². The normalized spacial score (nSPS) is 16.3. The Kier molecular flexibility index (Phi) is 5.29. The fraction of sp³-hybridized carbons (Fsp3) is 0.917.